The molecule has 0 bridgehead atoms. The molecule has 2 aromatic carbocycles. The van der Waals surface area contributed by atoms with E-state index < -0.39 is 17.7 Å². The number of carbonyl (C=O) groups excluding carboxylic acids is 2. The molecule has 0 aliphatic carbocycles. The topological polar surface area (TPSA) is 106 Å². The molecule has 1 aliphatic heterocycles. The number of methoxy groups -OCH3 is 3. The maximum Gasteiger partial charge on any atom is 0.295 e. The number of hydrogen-bond acceptors (Lipinski definition) is 7. The van der Waals surface area contributed by atoms with E-state index >= 15 is 0 Å². The van der Waals surface area contributed by atoms with Crippen LogP contribution in [0.4, 0.5) is 0 Å². The second-order valence-electron chi connectivity index (χ2n) is 6.91. The summed E-state index contributed by atoms with van der Waals surface area (Å²) < 4.78 is 15.8. The van der Waals surface area contributed by atoms with Crippen LogP contribution in [0.15, 0.2) is 48.0 Å². The normalized spacial score (nSPS) is 17.7. The van der Waals surface area contributed by atoms with Crippen LogP contribution in [-0.4, -0.2) is 61.3 Å². The average molecular weight is 427 g/mol. The second-order valence-corrected chi connectivity index (χ2v) is 6.91. The van der Waals surface area contributed by atoms with E-state index in [1.807, 2.05) is 0 Å². The highest BCUT2D eigenvalue weighted by Crippen LogP contribution is 2.42. The molecule has 2 aromatic rings. The first-order valence-corrected chi connectivity index (χ1v) is 9.72. The van der Waals surface area contributed by atoms with Crippen LogP contribution in [0, 0.1) is 0 Å². The standard InChI is InChI=1S/C23H25NO7/c1-29-16-8-5-14(6-9-16)21(26)19-20(24(11-4-12-25)23(28)22(19)27)15-7-10-17(30-2)18(13-15)31-3/h5-10,13,20,25-26H,4,11-12H2,1-3H3. The highest BCUT2D eigenvalue weighted by Gasteiger charge is 2.46. The Kier molecular flexibility index (Phi) is 6.81. The lowest BCUT2D eigenvalue weighted by molar-refractivity contribution is -0.140. The molecule has 1 fully saturated rings. The largest absolute Gasteiger partial charge is 0.507 e. The van der Waals surface area contributed by atoms with Crippen molar-refractivity contribution in [3.63, 3.8) is 0 Å². The predicted molar refractivity (Wildman–Crippen MR) is 113 cm³/mol. The van der Waals surface area contributed by atoms with Crippen molar-refractivity contribution in [2.45, 2.75) is 12.5 Å². The fourth-order valence-corrected chi connectivity index (χ4v) is 3.63. The van der Waals surface area contributed by atoms with Gasteiger partial charge < -0.3 is 29.3 Å². The van der Waals surface area contributed by atoms with Crippen molar-refractivity contribution in [1.82, 2.24) is 4.90 Å². The Hall–Kier alpha value is -3.52. The zero-order valence-corrected chi connectivity index (χ0v) is 17.6. The van der Waals surface area contributed by atoms with E-state index in [0.29, 0.717) is 34.8 Å². The van der Waals surface area contributed by atoms with Gasteiger partial charge in [0.2, 0.25) is 0 Å². The summed E-state index contributed by atoms with van der Waals surface area (Å²) in [5.74, 6) is -0.288. The monoisotopic (exact) mass is 427 g/mol. The van der Waals surface area contributed by atoms with Crippen molar-refractivity contribution in [2.75, 3.05) is 34.5 Å². The summed E-state index contributed by atoms with van der Waals surface area (Å²) in [4.78, 5) is 27.1. The van der Waals surface area contributed by atoms with Crippen molar-refractivity contribution in [1.29, 1.82) is 0 Å². The smallest absolute Gasteiger partial charge is 0.295 e. The average Bonchev–Trinajstić information content (AvgIpc) is 3.06. The van der Waals surface area contributed by atoms with Crippen molar-refractivity contribution >= 4 is 17.4 Å². The summed E-state index contributed by atoms with van der Waals surface area (Å²) >= 11 is 0. The number of carbonyl (C=O) groups is 2. The Morgan fingerprint density at radius 1 is 0.968 bits per heavy atom. The third-order valence-corrected chi connectivity index (χ3v) is 5.18. The Morgan fingerprint density at radius 3 is 2.23 bits per heavy atom. The summed E-state index contributed by atoms with van der Waals surface area (Å²) in [7, 11) is 4.52. The molecule has 1 heterocycles. The number of aliphatic hydroxyl groups is 2. The van der Waals surface area contributed by atoms with Gasteiger partial charge in [-0.1, -0.05) is 6.07 Å². The zero-order chi connectivity index (χ0) is 22.5. The number of ketones is 1. The summed E-state index contributed by atoms with van der Waals surface area (Å²) in [6.45, 7) is 0.0135. The lowest BCUT2D eigenvalue weighted by Gasteiger charge is -2.25. The van der Waals surface area contributed by atoms with E-state index in [9.17, 15) is 19.8 Å². The molecule has 0 saturated carbocycles. The molecular weight excluding hydrogens is 402 g/mol. The molecule has 1 aliphatic rings. The van der Waals surface area contributed by atoms with Crippen LogP contribution in [0.1, 0.15) is 23.6 Å². The van der Waals surface area contributed by atoms with Gasteiger partial charge >= 0.3 is 0 Å². The molecule has 0 radical (unpaired) electrons. The van der Waals surface area contributed by atoms with Crippen LogP contribution >= 0.6 is 0 Å². The number of amides is 1. The van der Waals surface area contributed by atoms with Crippen molar-refractivity contribution in [2.24, 2.45) is 0 Å². The molecule has 8 heteroatoms. The second kappa shape index (κ2) is 9.53. The van der Waals surface area contributed by atoms with Crippen LogP contribution in [0.25, 0.3) is 5.76 Å². The van der Waals surface area contributed by atoms with E-state index in [-0.39, 0.29) is 24.5 Å². The molecule has 1 saturated heterocycles. The van der Waals surface area contributed by atoms with Crippen molar-refractivity contribution < 1.29 is 34.0 Å². The minimum absolute atomic E-state index is 0.0275. The van der Waals surface area contributed by atoms with Gasteiger partial charge in [-0.05, 0) is 48.4 Å². The van der Waals surface area contributed by atoms with Crippen molar-refractivity contribution in [3.05, 3.63) is 59.2 Å². The lowest BCUT2D eigenvalue weighted by Crippen LogP contribution is -2.31. The summed E-state index contributed by atoms with van der Waals surface area (Å²) in [5.41, 5.74) is 0.927. The van der Waals surface area contributed by atoms with Gasteiger partial charge in [-0.2, -0.15) is 0 Å². The van der Waals surface area contributed by atoms with E-state index in [2.05, 4.69) is 0 Å². The van der Waals surface area contributed by atoms with Gasteiger partial charge in [0, 0.05) is 18.7 Å². The maximum absolute atomic E-state index is 12.9. The Labute approximate surface area is 180 Å². The van der Waals surface area contributed by atoms with Crippen LogP contribution in [-0.2, 0) is 9.59 Å². The van der Waals surface area contributed by atoms with E-state index in [4.69, 9.17) is 14.2 Å². The SMILES string of the molecule is COc1ccc(C(O)=C2C(=O)C(=O)N(CCCO)C2c2ccc(OC)c(OC)c2)cc1. The molecule has 3 rings (SSSR count). The highest BCUT2D eigenvalue weighted by molar-refractivity contribution is 6.46. The molecule has 1 atom stereocenters. The molecule has 1 amide bonds. The molecule has 8 nitrogen and oxygen atoms in total. The van der Waals surface area contributed by atoms with Crippen LogP contribution in [0.2, 0.25) is 0 Å². The van der Waals surface area contributed by atoms with Gasteiger partial charge in [0.05, 0.1) is 32.9 Å². The minimum atomic E-state index is -0.839. The molecular formula is C23H25NO7. The van der Waals surface area contributed by atoms with Crippen LogP contribution in [0.5, 0.6) is 17.2 Å². The van der Waals surface area contributed by atoms with Gasteiger partial charge in [-0.25, -0.2) is 0 Å². The number of likely N-dealkylation sites (tertiary alicyclic amines) is 1. The van der Waals surface area contributed by atoms with Gasteiger partial charge in [-0.3, -0.25) is 9.59 Å². The molecule has 31 heavy (non-hydrogen) atoms. The fraction of sp³-hybridized carbons (Fsp3) is 0.304. The van der Waals surface area contributed by atoms with Gasteiger partial charge in [0.25, 0.3) is 11.7 Å². The molecule has 164 valence electrons. The zero-order valence-electron chi connectivity index (χ0n) is 17.6. The lowest BCUT2D eigenvalue weighted by atomic mass is 9.95. The number of benzene rings is 2. The van der Waals surface area contributed by atoms with Gasteiger partial charge in [-0.15, -0.1) is 0 Å². The number of Topliss-reactive ketones (excluding diaryl/α,β-unsaturated/α-hetero) is 1. The number of ether oxygens (including phenoxy) is 3. The number of aliphatic hydroxyl groups excluding tert-OH is 2. The quantitative estimate of drug-likeness (QED) is 0.379. The summed E-state index contributed by atoms with van der Waals surface area (Å²) in [6, 6.07) is 10.8. The molecule has 0 aromatic heterocycles. The summed E-state index contributed by atoms with van der Waals surface area (Å²) in [6.07, 6.45) is 0.291. The van der Waals surface area contributed by atoms with Gasteiger partial charge in [0.15, 0.2) is 11.5 Å². The van der Waals surface area contributed by atoms with E-state index in [1.54, 1.807) is 42.5 Å². The minimum Gasteiger partial charge on any atom is -0.507 e. The third-order valence-electron chi connectivity index (χ3n) is 5.18. The Bertz CT molecular complexity index is 997. The summed E-state index contributed by atoms with van der Waals surface area (Å²) in [5, 5.41) is 20.3. The third kappa shape index (κ3) is 4.20. The first-order chi connectivity index (χ1) is 15.0. The van der Waals surface area contributed by atoms with Crippen LogP contribution < -0.4 is 14.2 Å². The molecule has 1 unspecified atom stereocenters. The van der Waals surface area contributed by atoms with E-state index in [1.165, 1.54) is 26.2 Å². The first kappa shape index (κ1) is 22.2. The van der Waals surface area contributed by atoms with E-state index in [0.717, 1.165) is 0 Å². The number of hydrogen-bond donors (Lipinski definition) is 2. The maximum atomic E-state index is 12.9. The fourth-order valence-electron chi connectivity index (χ4n) is 3.63. The highest BCUT2D eigenvalue weighted by atomic mass is 16.5. The molecule has 0 spiro atoms. The number of rotatable bonds is 8. The first-order valence-electron chi connectivity index (χ1n) is 9.72. The van der Waals surface area contributed by atoms with Crippen LogP contribution in [0.3, 0.4) is 0 Å². The Balaban J connectivity index is 2.17. The molecule has 2 N–H and O–H groups in total. The predicted octanol–water partition coefficient (Wildman–Crippen LogP) is 2.52. The van der Waals surface area contributed by atoms with Gasteiger partial charge in [0.1, 0.15) is 11.5 Å². The number of nitrogens with zero attached hydrogens (tertiary/aromatic N) is 1. The van der Waals surface area contributed by atoms with Crippen molar-refractivity contribution in [3.8, 4) is 17.2 Å². The Morgan fingerprint density at radius 2 is 1.65 bits per heavy atom.